The molecule has 9 nitrogen and oxygen atoms in total. The minimum atomic E-state index is -4.40. The van der Waals surface area contributed by atoms with E-state index >= 15 is 0 Å². The molecule has 0 bridgehead atoms. The van der Waals surface area contributed by atoms with E-state index in [4.69, 9.17) is 24.3 Å². The summed E-state index contributed by atoms with van der Waals surface area (Å²) in [4.78, 5) is 35.5. The molecule has 0 aliphatic heterocycles. The van der Waals surface area contributed by atoms with E-state index in [-0.39, 0.29) is 38.6 Å². The molecule has 0 aromatic heterocycles. The highest BCUT2D eigenvalue weighted by Crippen LogP contribution is 2.43. The minimum Gasteiger partial charge on any atom is -0.462 e. The quantitative estimate of drug-likeness (QED) is 0.0264. The highest BCUT2D eigenvalue weighted by Gasteiger charge is 2.26. The van der Waals surface area contributed by atoms with Crippen molar-refractivity contribution in [1.82, 2.24) is 0 Å². The van der Waals surface area contributed by atoms with Crippen LogP contribution in [0, 0.1) is 0 Å². The third kappa shape index (κ3) is 78.4. The number of hydrogen-bond acceptors (Lipinski definition) is 8. The predicted octanol–water partition coefficient (Wildman–Crippen LogP) is 27.5. The fourth-order valence-electron chi connectivity index (χ4n) is 12.4. The highest BCUT2D eigenvalue weighted by molar-refractivity contribution is 7.47. The predicted molar refractivity (Wildman–Crippen MR) is 409 cm³/mol. The molecule has 2 atom stereocenters. The topological polar surface area (TPSA) is 134 Å². The molecule has 94 heavy (non-hydrogen) atoms. The number of nitrogens with two attached hydrogens (primary N) is 1. The Labute approximate surface area is 583 Å². The summed E-state index contributed by atoms with van der Waals surface area (Å²) in [5, 5.41) is 0. The van der Waals surface area contributed by atoms with Gasteiger partial charge < -0.3 is 20.1 Å². The molecule has 0 amide bonds. The van der Waals surface area contributed by atoms with Crippen LogP contribution in [0.1, 0.15) is 418 Å². The van der Waals surface area contributed by atoms with Crippen molar-refractivity contribution in [2.24, 2.45) is 5.73 Å². The van der Waals surface area contributed by atoms with Gasteiger partial charge in [-0.05, 0) is 64.2 Å². The number of carbonyl (C=O) groups excluding carboxylic acids is 2. The molecule has 0 rings (SSSR count). The van der Waals surface area contributed by atoms with Crippen molar-refractivity contribution in [3.05, 3.63) is 72.9 Å². The van der Waals surface area contributed by atoms with Gasteiger partial charge >= 0.3 is 19.8 Å². The fraction of sp³-hybridized carbons (Fsp3) is 0.833. The fourth-order valence-corrected chi connectivity index (χ4v) is 13.1. The summed E-state index contributed by atoms with van der Waals surface area (Å²) >= 11 is 0. The molecule has 0 aromatic carbocycles. The third-order valence-electron chi connectivity index (χ3n) is 18.4. The molecule has 0 saturated carbocycles. The van der Waals surface area contributed by atoms with Crippen LogP contribution in [0.15, 0.2) is 72.9 Å². The van der Waals surface area contributed by atoms with Gasteiger partial charge in [0.25, 0.3) is 0 Å². The van der Waals surface area contributed by atoms with Crippen LogP contribution in [-0.4, -0.2) is 49.3 Å². The number of rotatable bonds is 78. The van der Waals surface area contributed by atoms with Crippen LogP contribution >= 0.6 is 7.82 Å². The molecule has 0 spiro atoms. The number of esters is 2. The summed E-state index contributed by atoms with van der Waals surface area (Å²) < 4.78 is 33.3. The molecule has 0 aliphatic carbocycles. The van der Waals surface area contributed by atoms with E-state index in [0.29, 0.717) is 6.42 Å². The Morgan fingerprint density at radius 1 is 0.330 bits per heavy atom. The summed E-state index contributed by atoms with van der Waals surface area (Å²) in [7, 11) is -4.40. The molecule has 0 radical (unpaired) electrons. The summed E-state index contributed by atoms with van der Waals surface area (Å²) in [6, 6.07) is 0. The van der Waals surface area contributed by atoms with Crippen LogP contribution in [0.25, 0.3) is 0 Å². The van der Waals surface area contributed by atoms with Gasteiger partial charge in [-0.25, -0.2) is 4.57 Å². The molecule has 0 fully saturated rings. The number of hydrogen-bond donors (Lipinski definition) is 2. The Hall–Kier alpha value is -2.55. The lowest BCUT2D eigenvalue weighted by Gasteiger charge is -2.19. The highest BCUT2D eigenvalue weighted by atomic mass is 31.2. The maximum atomic E-state index is 12.8. The molecule has 3 N–H and O–H groups in total. The van der Waals surface area contributed by atoms with Crippen molar-refractivity contribution in [2.75, 3.05) is 26.4 Å². The summed E-state index contributed by atoms with van der Waals surface area (Å²) in [6.07, 6.45) is 106. The number of phosphoric acid groups is 1. The van der Waals surface area contributed by atoms with Crippen LogP contribution in [0.2, 0.25) is 0 Å². The van der Waals surface area contributed by atoms with E-state index in [1.165, 1.54) is 315 Å². The van der Waals surface area contributed by atoms with E-state index in [1.807, 2.05) is 0 Å². The lowest BCUT2D eigenvalue weighted by atomic mass is 10.0. The van der Waals surface area contributed by atoms with Crippen molar-refractivity contribution >= 4 is 19.8 Å². The van der Waals surface area contributed by atoms with Crippen molar-refractivity contribution in [3.63, 3.8) is 0 Å². The second-order valence-corrected chi connectivity index (χ2v) is 29.1. The van der Waals surface area contributed by atoms with Crippen LogP contribution in [0.3, 0.4) is 0 Å². The molecule has 0 saturated heterocycles. The van der Waals surface area contributed by atoms with Crippen molar-refractivity contribution < 1.29 is 37.6 Å². The van der Waals surface area contributed by atoms with E-state index in [9.17, 15) is 19.0 Å². The maximum Gasteiger partial charge on any atom is 0.472 e. The SMILES string of the molecule is CC/C=C\C/C=C\C/C=C\C/C=C\C/C=C\C/C=C\CCCCCCCCCCCCCCCCCCCCCCC(=O)OC(COC(=O)CCCCCCCCCCCCCCCCCCCCCCCCCCCCCCCCCCCC)COP(=O)(O)OCCN. The number of unbranched alkanes of at least 4 members (excludes halogenated alkanes) is 53. The van der Waals surface area contributed by atoms with Crippen LogP contribution < -0.4 is 5.73 Å². The Bertz CT molecular complexity index is 1780. The Morgan fingerprint density at radius 3 is 0.872 bits per heavy atom. The Balaban J connectivity index is 3.76. The third-order valence-corrected chi connectivity index (χ3v) is 19.3. The average molecular weight is 1340 g/mol. The first-order valence-corrected chi connectivity index (χ1v) is 42.4. The molecule has 10 heteroatoms. The Kier molecular flexibility index (Phi) is 77.3. The van der Waals surface area contributed by atoms with E-state index < -0.39 is 26.5 Å². The van der Waals surface area contributed by atoms with Gasteiger partial charge in [0.15, 0.2) is 6.10 Å². The standard InChI is InChI=1S/C84H156NO8P/c1-3-5-7-9-11-13-15-17-19-21-23-25-27-29-31-33-35-37-39-40-41-42-43-45-47-49-51-53-55-57-59-61-63-65-67-69-71-73-75-77-84(87)93-82(81-92-94(88,89)91-79-78-85)80-90-83(86)76-74-72-70-68-66-64-62-60-58-56-54-52-50-48-46-44-38-36-34-32-30-28-26-24-22-20-18-16-14-12-10-8-6-4-2/h5,7,11,13,17,19,23,25,29,31,35,37,82H,3-4,6,8-10,12,14-16,18,20-22,24,26-28,30,32-34,36,38-81,85H2,1-2H3,(H,88,89)/b7-5-,13-11-,19-17-,25-23-,31-29-,37-35-. The van der Waals surface area contributed by atoms with Gasteiger partial charge in [0, 0.05) is 19.4 Å². The molecule has 0 aliphatic rings. The summed E-state index contributed by atoms with van der Waals surface area (Å²) in [5.74, 6) is -0.804. The van der Waals surface area contributed by atoms with Crippen molar-refractivity contribution in [2.45, 2.75) is 424 Å². The van der Waals surface area contributed by atoms with Crippen molar-refractivity contribution in [1.29, 1.82) is 0 Å². The molecule has 550 valence electrons. The van der Waals surface area contributed by atoms with Gasteiger partial charge in [-0.2, -0.15) is 0 Å². The minimum absolute atomic E-state index is 0.0551. The van der Waals surface area contributed by atoms with Crippen LogP contribution in [0.5, 0.6) is 0 Å². The second-order valence-electron chi connectivity index (χ2n) is 27.6. The number of ether oxygens (including phenoxy) is 2. The zero-order chi connectivity index (χ0) is 67.9. The van der Waals surface area contributed by atoms with Crippen LogP contribution in [0.4, 0.5) is 0 Å². The van der Waals surface area contributed by atoms with Gasteiger partial charge in [-0.3, -0.25) is 18.6 Å². The normalized spacial score (nSPS) is 13.2. The van der Waals surface area contributed by atoms with Gasteiger partial charge in [-0.15, -0.1) is 0 Å². The Morgan fingerprint density at radius 2 is 0.585 bits per heavy atom. The lowest BCUT2D eigenvalue weighted by molar-refractivity contribution is -0.161. The van der Waals surface area contributed by atoms with Gasteiger partial charge in [0.05, 0.1) is 13.2 Å². The summed E-state index contributed by atoms with van der Waals surface area (Å²) in [6.45, 7) is 3.71. The molecule has 2 unspecified atom stereocenters. The van der Waals surface area contributed by atoms with Crippen molar-refractivity contribution in [3.8, 4) is 0 Å². The van der Waals surface area contributed by atoms with Gasteiger partial charge in [0.2, 0.25) is 0 Å². The van der Waals surface area contributed by atoms with E-state index in [2.05, 4.69) is 86.8 Å². The second kappa shape index (κ2) is 79.4. The molecular formula is C84H156NO8P. The summed E-state index contributed by atoms with van der Waals surface area (Å²) in [5.41, 5.74) is 5.42. The largest absolute Gasteiger partial charge is 0.472 e. The van der Waals surface area contributed by atoms with Gasteiger partial charge in [-0.1, -0.05) is 414 Å². The maximum absolute atomic E-state index is 12.8. The number of phosphoric ester groups is 1. The zero-order valence-corrected chi connectivity index (χ0v) is 63.1. The van der Waals surface area contributed by atoms with E-state index in [0.717, 1.165) is 70.6 Å². The molecule has 0 aromatic rings. The van der Waals surface area contributed by atoms with Crippen LogP contribution in [-0.2, 0) is 32.7 Å². The zero-order valence-electron chi connectivity index (χ0n) is 62.2. The first-order chi connectivity index (χ1) is 46.3. The van der Waals surface area contributed by atoms with Gasteiger partial charge in [0.1, 0.15) is 6.61 Å². The smallest absolute Gasteiger partial charge is 0.462 e. The number of carbonyl (C=O) groups is 2. The average Bonchev–Trinajstić information content (AvgIpc) is 2.74. The number of allylic oxidation sites excluding steroid dienone is 12. The first-order valence-electron chi connectivity index (χ1n) is 40.9. The molecule has 0 heterocycles. The monoisotopic (exact) mass is 1340 g/mol. The first kappa shape index (κ1) is 91.4. The lowest BCUT2D eigenvalue weighted by Crippen LogP contribution is -2.29. The van der Waals surface area contributed by atoms with E-state index in [1.54, 1.807) is 0 Å². The molecular weight excluding hydrogens is 1180 g/mol.